The van der Waals surface area contributed by atoms with E-state index in [1.165, 1.54) is 17.6 Å². The van der Waals surface area contributed by atoms with Crippen LogP contribution in [0.5, 0.6) is 11.5 Å². The average molecular weight is 385 g/mol. The van der Waals surface area contributed by atoms with Crippen molar-refractivity contribution in [3.05, 3.63) is 53.1 Å². The molecule has 1 aromatic carbocycles. The predicted octanol–water partition coefficient (Wildman–Crippen LogP) is 4.17. The number of benzene rings is 1. The SMILES string of the molecule is CCOC(=O)c1c(-c2ccco2)csc1NC(=O)c1cccc2c1OCO2. The Morgan fingerprint density at radius 3 is 2.89 bits per heavy atom. The summed E-state index contributed by atoms with van der Waals surface area (Å²) in [6.45, 7) is 2.01. The number of rotatable bonds is 5. The number of amides is 1. The highest BCUT2D eigenvalue weighted by Gasteiger charge is 2.27. The van der Waals surface area contributed by atoms with Crippen LogP contribution in [0.1, 0.15) is 27.6 Å². The lowest BCUT2D eigenvalue weighted by molar-refractivity contribution is 0.0529. The summed E-state index contributed by atoms with van der Waals surface area (Å²) in [5, 5.41) is 4.90. The summed E-state index contributed by atoms with van der Waals surface area (Å²) in [5.41, 5.74) is 1.15. The maximum Gasteiger partial charge on any atom is 0.341 e. The van der Waals surface area contributed by atoms with Gasteiger partial charge in [0.15, 0.2) is 11.5 Å². The van der Waals surface area contributed by atoms with E-state index in [1.807, 2.05) is 0 Å². The zero-order chi connectivity index (χ0) is 18.8. The fraction of sp³-hybridized carbons (Fsp3) is 0.158. The van der Waals surface area contributed by atoms with Gasteiger partial charge in [-0.15, -0.1) is 11.3 Å². The van der Waals surface area contributed by atoms with E-state index < -0.39 is 11.9 Å². The number of ether oxygens (including phenoxy) is 3. The van der Waals surface area contributed by atoms with Crippen LogP contribution in [0.15, 0.2) is 46.4 Å². The third-order valence-corrected chi connectivity index (χ3v) is 4.82. The van der Waals surface area contributed by atoms with Crippen LogP contribution in [0.25, 0.3) is 11.3 Å². The normalized spacial score (nSPS) is 12.0. The van der Waals surface area contributed by atoms with E-state index >= 15 is 0 Å². The van der Waals surface area contributed by atoms with Gasteiger partial charge in [-0.05, 0) is 31.2 Å². The molecule has 3 aromatic rings. The molecular weight excluding hydrogens is 370 g/mol. The number of nitrogens with one attached hydrogen (secondary N) is 1. The summed E-state index contributed by atoms with van der Waals surface area (Å²) in [6, 6.07) is 8.53. The fourth-order valence-electron chi connectivity index (χ4n) is 2.75. The molecule has 0 aliphatic carbocycles. The van der Waals surface area contributed by atoms with Crippen molar-refractivity contribution in [1.82, 2.24) is 0 Å². The van der Waals surface area contributed by atoms with Crippen LogP contribution in [0.4, 0.5) is 5.00 Å². The van der Waals surface area contributed by atoms with Gasteiger partial charge in [0.25, 0.3) is 5.91 Å². The molecule has 1 aliphatic rings. The molecule has 1 aliphatic heterocycles. The third-order valence-electron chi connectivity index (χ3n) is 3.93. The van der Waals surface area contributed by atoms with Crippen LogP contribution in [0.3, 0.4) is 0 Å². The molecule has 3 heterocycles. The first-order valence-corrected chi connectivity index (χ1v) is 9.09. The minimum absolute atomic E-state index is 0.0648. The van der Waals surface area contributed by atoms with Crippen molar-refractivity contribution in [2.45, 2.75) is 6.92 Å². The minimum Gasteiger partial charge on any atom is -0.464 e. The molecule has 2 aromatic heterocycles. The van der Waals surface area contributed by atoms with Gasteiger partial charge in [0.1, 0.15) is 16.3 Å². The number of furan rings is 1. The van der Waals surface area contributed by atoms with Crippen molar-refractivity contribution in [2.75, 3.05) is 18.7 Å². The molecular formula is C19H15NO6S. The van der Waals surface area contributed by atoms with Gasteiger partial charge in [-0.2, -0.15) is 0 Å². The van der Waals surface area contributed by atoms with E-state index in [1.54, 1.807) is 42.6 Å². The third kappa shape index (κ3) is 3.15. The Hall–Kier alpha value is -3.26. The number of thiophene rings is 1. The number of fused-ring (bicyclic) bond motifs is 1. The number of esters is 1. The monoisotopic (exact) mass is 385 g/mol. The maximum absolute atomic E-state index is 12.8. The topological polar surface area (TPSA) is 87.0 Å². The lowest BCUT2D eigenvalue weighted by Gasteiger charge is -2.09. The largest absolute Gasteiger partial charge is 0.464 e. The molecule has 0 fully saturated rings. The Morgan fingerprint density at radius 1 is 1.22 bits per heavy atom. The molecule has 0 saturated carbocycles. The molecule has 0 atom stereocenters. The average Bonchev–Trinajstić information content (AvgIpc) is 3.41. The van der Waals surface area contributed by atoms with Crippen molar-refractivity contribution in [1.29, 1.82) is 0 Å². The van der Waals surface area contributed by atoms with Gasteiger partial charge < -0.3 is 23.9 Å². The minimum atomic E-state index is -0.529. The van der Waals surface area contributed by atoms with Crippen molar-refractivity contribution in [3.8, 4) is 22.8 Å². The summed E-state index contributed by atoms with van der Waals surface area (Å²) >= 11 is 1.22. The van der Waals surface area contributed by atoms with Crippen LogP contribution in [-0.2, 0) is 4.74 Å². The number of hydrogen-bond donors (Lipinski definition) is 1. The van der Waals surface area contributed by atoms with Gasteiger partial charge >= 0.3 is 5.97 Å². The number of carbonyl (C=O) groups is 2. The zero-order valence-corrected chi connectivity index (χ0v) is 15.1. The Bertz CT molecular complexity index is 992. The lowest BCUT2D eigenvalue weighted by atomic mass is 10.1. The Labute approximate surface area is 158 Å². The first-order valence-electron chi connectivity index (χ1n) is 8.21. The second-order valence-electron chi connectivity index (χ2n) is 5.54. The van der Waals surface area contributed by atoms with E-state index in [2.05, 4.69) is 5.32 Å². The molecule has 138 valence electrons. The molecule has 1 N–H and O–H groups in total. The quantitative estimate of drug-likeness (QED) is 0.664. The Morgan fingerprint density at radius 2 is 2.11 bits per heavy atom. The number of para-hydroxylation sites is 1. The summed E-state index contributed by atoms with van der Waals surface area (Å²) in [7, 11) is 0. The fourth-order valence-corrected chi connectivity index (χ4v) is 3.68. The number of hydrogen-bond acceptors (Lipinski definition) is 7. The predicted molar refractivity (Wildman–Crippen MR) is 98.5 cm³/mol. The van der Waals surface area contributed by atoms with Crippen LogP contribution >= 0.6 is 11.3 Å². The molecule has 1 amide bonds. The van der Waals surface area contributed by atoms with Crippen molar-refractivity contribution < 1.29 is 28.2 Å². The van der Waals surface area contributed by atoms with Gasteiger partial charge in [-0.1, -0.05) is 6.07 Å². The standard InChI is InChI=1S/C19H15NO6S/c1-2-23-19(22)15-12(13-7-4-8-24-13)9-27-18(15)20-17(21)11-5-3-6-14-16(11)26-10-25-14/h3-9H,2,10H2,1H3,(H,20,21). The van der Waals surface area contributed by atoms with Gasteiger partial charge in [-0.3, -0.25) is 4.79 Å². The molecule has 0 radical (unpaired) electrons. The molecule has 0 bridgehead atoms. The molecule has 0 spiro atoms. The summed E-state index contributed by atoms with van der Waals surface area (Å²) < 4.78 is 21.2. The maximum atomic E-state index is 12.8. The van der Waals surface area contributed by atoms with E-state index in [0.29, 0.717) is 33.4 Å². The highest BCUT2D eigenvalue weighted by molar-refractivity contribution is 7.15. The van der Waals surface area contributed by atoms with E-state index in [9.17, 15) is 9.59 Å². The molecule has 8 heteroatoms. The van der Waals surface area contributed by atoms with Crippen LogP contribution in [0, 0.1) is 0 Å². The molecule has 7 nitrogen and oxygen atoms in total. The van der Waals surface area contributed by atoms with Gasteiger partial charge in [0, 0.05) is 10.9 Å². The second-order valence-corrected chi connectivity index (χ2v) is 6.42. The second kappa shape index (κ2) is 7.16. The summed E-state index contributed by atoms with van der Waals surface area (Å²) in [6.07, 6.45) is 1.52. The van der Waals surface area contributed by atoms with E-state index in [4.69, 9.17) is 18.6 Å². The first-order chi connectivity index (χ1) is 13.2. The van der Waals surface area contributed by atoms with E-state index in [-0.39, 0.29) is 19.0 Å². The summed E-state index contributed by atoms with van der Waals surface area (Å²) in [4.78, 5) is 25.3. The number of anilines is 1. The molecule has 4 rings (SSSR count). The number of carbonyl (C=O) groups excluding carboxylic acids is 2. The van der Waals surface area contributed by atoms with Gasteiger partial charge in [0.05, 0.1) is 18.4 Å². The first kappa shape index (κ1) is 17.2. The van der Waals surface area contributed by atoms with Gasteiger partial charge in [0.2, 0.25) is 6.79 Å². The van der Waals surface area contributed by atoms with Crippen molar-refractivity contribution >= 4 is 28.2 Å². The van der Waals surface area contributed by atoms with Gasteiger partial charge in [-0.25, -0.2) is 4.79 Å². The summed E-state index contributed by atoms with van der Waals surface area (Å²) in [5.74, 6) is 0.479. The van der Waals surface area contributed by atoms with E-state index in [0.717, 1.165) is 0 Å². The van der Waals surface area contributed by atoms with Crippen molar-refractivity contribution in [2.24, 2.45) is 0 Å². The van der Waals surface area contributed by atoms with Crippen LogP contribution in [0.2, 0.25) is 0 Å². The van der Waals surface area contributed by atoms with Crippen molar-refractivity contribution in [3.63, 3.8) is 0 Å². The highest BCUT2D eigenvalue weighted by atomic mass is 32.1. The molecule has 0 unspecified atom stereocenters. The zero-order valence-electron chi connectivity index (χ0n) is 14.3. The lowest BCUT2D eigenvalue weighted by Crippen LogP contribution is -2.15. The highest BCUT2D eigenvalue weighted by Crippen LogP contribution is 2.39. The molecule has 0 saturated heterocycles. The Kier molecular flexibility index (Phi) is 4.55. The Balaban J connectivity index is 1.69. The smallest absolute Gasteiger partial charge is 0.341 e. The van der Waals surface area contributed by atoms with Crippen LogP contribution < -0.4 is 14.8 Å². The van der Waals surface area contributed by atoms with Crippen LogP contribution in [-0.4, -0.2) is 25.3 Å². The molecule has 27 heavy (non-hydrogen) atoms.